The number of fused-ring (bicyclic) bond motifs is 1. The van der Waals surface area contributed by atoms with E-state index in [0.29, 0.717) is 19.6 Å². The largest absolute Gasteiger partial charge is 0.459 e. The van der Waals surface area contributed by atoms with Crippen LogP contribution in [-0.2, 0) is 0 Å². The molecule has 134 valence electrons. The number of aryl methyl sites for hydroxylation is 1. The van der Waals surface area contributed by atoms with Crippen molar-refractivity contribution in [2.75, 3.05) is 26.2 Å². The third-order valence-electron chi connectivity index (χ3n) is 3.80. The van der Waals surface area contributed by atoms with Gasteiger partial charge in [0.25, 0.3) is 0 Å². The first-order valence-electron chi connectivity index (χ1n) is 8.58. The van der Waals surface area contributed by atoms with Crippen LogP contribution in [-0.4, -0.2) is 26.2 Å². The Morgan fingerprint density at radius 1 is 0.920 bits per heavy atom. The number of nitrogens with two attached hydrogens (primary N) is 3. The molecule has 25 heavy (non-hydrogen) atoms. The summed E-state index contributed by atoms with van der Waals surface area (Å²) >= 11 is 0. The number of para-hydroxylation sites is 1. The third kappa shape index (κ3) is 5.41. The summed E-state index contributed by atoms with van der Waals surface area (Å²) in [6, 6.07) is 18.7. The van der Waals surface area contributed by atoms with Crippen LogP contribution in [0.25, 0.3) is 11.0 Å². The molecule has 1 atom stereocenters. The van der Waals surface area contributed by atoms with E-state index in [-0.39, 0.29) is 6.04 Å². The number of rotatable bonds is 6. The minimum atomic E-state index is 0.0292. The lowest BCUT2D eigenvalue weighted by atomic mass is 10.0. The van der Waals surface area contributed by atoms with E-state index in [0.717, 1.165) is 23.3 Å². The Morgan fingerprint density at radius 2 is 1.60 bits per heavy atom. The Balaban J connectivity index is 0.000000511. The fraction of sp³-hybridized carbons (Fsp3) is 0.300. The lowest BCUT2D eigenvalue weighted by Crippen LogP contribution is -2.27. The van der Waals surface area contributed by atoms with E-state index in [1.54, 1.807) is 0 Å². The first-order chi connectivity index (χ1) is 12.2. The van der Waals surface area contributed by atoms with Crippen molar-refractivity contribution < 1.29 is 4.42 Å². The Morgan fingerprint density at radius 3 is 2.20 bits per heavy atom. The third-order valence-corrected chi connectivity index (χ3v) is 3.80. The predicted molar refractivity (Wildman–Crippen MR) is 104 cm³/mol. The van der Waals surface area contributed by atoms with Gasteiger partial charge in [0.05, 0.1) is 6.04 Å². The van der Waals surface area contributed by atoms with E-state index in [2.05, 4.69) is 48.6 Å². The first-order valence-corrected chi connectivity index (χ1v) is 8.58. The Bertz CT molecular complexity index is 717. The van der Waals surface area contributed by atoms with Crippen LogP contribution in [0.4, 0.5) is 0 Å². The Kier molecular flexibility index (Phi) is 7.63. The van der Waals surface area contributed by atoms with E-state index in [1.807, 2.05) is 18.2 Å². The van der Waals surface area contributed by atoms with Crippen LogP contribution in [0.5, 0.6) is 0 Å². The molecule has 2 aromatic carbocycles. The molecule has 0 aliphatic carbocycles. The molecule has 0 fully saturated rings. The molecule has 1 unspecified atom stereocenters. The van der Waals surface area contributed by atoms with Gasteiger partial charge in [-0.2, -0.15) is 0 Å². The molecule has 0 radical (unpaired) electrons. The van der Waals surface area contributed by atoms with E-state index >= 15 is 0 Å². The quantitative estimate of drug-likeness (QED) is 0.551. The Labute approximate surface area is 149 Å². The van der Waals surface area contributed by atoms with Crippen LogP contribution in [0.15, 0.2) is 59.0 Å². The van der Waals surface area contributed by atoms with Gasteiger partial charge in [-0.25, -0.2) is 0 Å². The van der Waals surface area contributed by atoms with Gasteiger partial charge in [-0.1, -0.05) is 48.0 Å². The van der Waals surface area contributed by atoms with Gasteiger partial charge in [-0.05, 0) is 24.6 Å². The maximum Gasteiger partial charge on any atom is 0.134 e. The van der Waals surface area contributed by atoms with Crippen LogP contribution in [0.1, 0.15) is 22.9 Å². The molecule has 0 saturated carbocycles. The average molecular weight is 340 g/mol. The number of hydrogen-bond donors (Lipinski definition) is 4. The highest BCUT2D eigenvalue weighted by Crippen LogP contribution is 2.28. The molecule has 0 aliphatic rings. The molecule has 0 saturated heterocycles. The smallest absolute Gasteiger partial charge is 0.134 e. The molecule has 5 heteroatoms. The molecular weight excluding hydrogens is 312 g/mol. The van der Waals surface area contributed by atoms with Crippen molar-refractivity contribution in [1.82, 2.24) is 5.32 Å². The molecule has 3 aromatic rings. The van der Waals surface area contributed by atoms with E-state index < -0.39 is 0 Å². The SMILES string of the molecule is Cc1ccc(C(NCCN)c2cc3ccccc3o2)cc1.NCCN. The molecule has 0 aliphatic heterocycles. The zero-order chi connectivity index (χ0) is 18.1. The highest BCUT2D eigenvalue weighted by molar-refractivity contribution is 5.78. The van der Waals surface area contributed by atoms with Crippen molar-refractivity contribution >= 4 is 11.0 Å². The minimum absolute atomic E-state index is 0.0292. The van der Waals surface area contributed by atoms with Crippen LogP contribution in [0.3, 0.4) is 0 Å². The summed E-state index contributed by atoms with van der Waals surface area (Å²) in [5.41, 5.74) is 18.8. The Hall–Kier alpha value is -2.18. The lowest BCUT2D eigenvalue weighted by Gasteiger charge is -2.16. The maximum absolute atomic E-state index is 6.01. The fourth-order valence-corrected chi connectivity index (χ4v) is 2.51. The topological polar surface area (TPSA) is 103 Å². The molecule has 7 N–H and O–H groups in total. The lowest BCUT2D eigenvalue weighted by molar-refractivity contribution is 0.473. The monoisotopic (exact) mass is 340 g/mol. The van der Waals surface area contributed by atoms with Gasteiger partial charge < -0.3 is 26.9 Å². The summed E-state index contributed by atoms with van der Waals surface area (Å²) in [5.74, 6) is 0.925. The summed E-state index contributed by atoms with van der Waals surface area (Å²) < 4.78 is 6.01. The number of benzene rings is 2. The second kappa shape index (κ2) is 9.96. The summed E-state index contributed by atoms with van der Waals surface area (Å²) in [7, 11) is 0. The maximum atomic E-state index is 6.01. The second-order valence-corrected chi connectivity index (χ2v) is 5.85. The zero-order valence-electron chi connectivity index (χ0n) is 14.7. The minimum Gasteiger partial charge on any atom is -0.459 e. The number of furan rings is 1. The van der Waals surface area contributed by atoms with Gasteiger partial charge in [0.1, 0.15) is 11.3 Å². The highest BCUT2D eigenvalue weighted by atomic mass is 16.3. The van der Waals surface area contributed by atoms with E-state index in [1.165, 1.54) is 11.1 Å². The van der Waals surface area contributed by atoms with Crippen molar-refractivity contribution in [3.8, 4) is 0 Å². The second-order valence-electron chi connectivity index (χ2n) is 5.85. The molecule has 0 amide bonds. The van der Waals surface area contributed by atoms with Crippen LogP contribution >= 0.6 is 0 Å². The summed E-state index contributed by atoms with van der Waals surface area (Å²) in [5, 5.41) is 4.59. The van der Waals surface area contributed by atoms with E-state index in [4.69, 9.17) is 21.6 Å². The van der Waals surface area contributed by atoms with Crippen LogP contribution in [0, 0.1) is 6.92 Å². The van der Waals surface area contributed by atoms with Crippen molar-refractivity contribution in [2.45, 2.75) is 13.0 Å². The standard InChI is InChI=1S/C18H20N2O.C2H8N2/c1-13-6-8-14(9-7-13)18(20-11-10-19)17-12-15-4-2-3-5-16(15)21-17;3-1-2-4/h2-9,12,18,20H,10-11,19H2,1H3;1-4H2. The molecule has 3 rings (SSSR count). The average Bonchev–Trinajstić information content (AvgIpc) is 3.07. The molecule has 1 aromatic heterocycles. The molecule has 5 nitrogen and oxygen atoms in total. The van der Waals surface area contributed by atoms with Gasteiger partial charge in [0.2, 0.25) is 0 Å². The van der Waals surface area contributed by atoms with Gasteiger partial charge >= 0.3 is 0 Å². The zero-order valence-corrected chi connectivity index (χ0v) is 14.7. The number of nitrogens with one attached hydrogen (secondary N) is 1. The first kappa shape index (κ1) is 19.1. The van der Waals surface area contributed by atoms with Crippen molar-refractivity contribution in [3.63, 3.8) is 0 Å². The molecular formula is C20H28N4O. The summed E-state index contributed by atoms with van der Waals surface area (Å²) in [6.07, 6.45) is 0. The van der Waals surface area contributed by atoms with Crippen LogP contribution in [0.2, 0.25) is 0 Å². The molecule has 1 heterocycles. The normalized spacial score (nSPS) is 11.8. The van der Waals surface area contributed by atoms with Gasteiger partial charge in [-0.15, -0.1) is 0 Å². The van der Waals surface area contributed by atoms with Crippen molar-refractivity contribution in [1.29, 1.82) is 0 Å². The van der Waals surface area contributed by atoms with Gasteiger partial charge in [-0.3, -0.25) is 0 Å². The fourth-order valence-electron chi connectivity index (χ4n) is 2.51. The predicted octanol–water partition coefficient (Wildman–Crippen LogP) is 2.28. The van der Waals surface area contributed by atoms with Crippen LogP contribution < -0.4 is 22.5 Å². The number of hydrogen-bond acceptors (Lipinski definition) is 5. The van der Waals surface area contributed by atoms with E-state index in [9.17, 15) is 0 Å². The highest BCUT2D eigenvalue weighted by Gasteiger charge is 2.17. The van der Waals surface area contributed by atoms with Gasteiger partial charge in [0, 0.05) is 31.6 Å². The van der Waals surface area contributed by atoms with Crippen molar-refractivity contribution in [3.05, 3.63) is 71.5 Å². The molecule has 0 spiro atoms. The van der Waals surface area contributed by atoms with Crippen molar-refractivity contribution in [2.24, 2.45) is 17.2 Å². The summed E-state index contributed by atoms with van der Waals surface area (Å²) in [4.78, 5) is 0. The van der Waals surface area contributed by atoms with Gasteiger partial charge in [0.15, 0.2) is 0 Å². The summed E-state index contributed by atoms with van der Waals surface area (Å²) in [6.45, 7) is 4.63. The molecule has 0 bridgehead atoms.